The molecule has 0 spiro atoms. The topological polar surface area (TPSA) is 114 Å². The Morgan fingerprint density at radius 3 is 2.64 bits per heavy atom. The maximum atomic E-state index is 12.4. The number of sulfonamides is 1. The fourth-order valence-corrected chi connectivity index (χ4v) is 4.51. The van der Waals surface area contributed by atoms with Gasteiger partial charge in [-0.15, -0.1) is 23.2 Å². The normalized spacial score (nSPS) is 22.9. The van der Waals surface area contributed by atoms with Gasteiger partial charge in [0.05, 0.1) is 4.90 Å². The lowest BCUT2D eigenvalue weighted by Crippen LogP contribution is -2.29. The summed E-state index contributed by atoms with van der Waals surface area (Å²) in [5.74, 6) is -0.856. The van der Waals surface area contributed by atoms with Crippen LogP contribution in [0.25, 0.3) is 0 Å². The molecular formula is C17H19Cl2N3O5S. The smallest absolute Gasteiger partial charge is 0.315 e. The van der Waals surface area contributed by atoms with E-state index in [1.807, 2.05) is 0 Å². The standard InChI is InChI=1S/C17H19Cl2N3O5S/c1-16(10-17(16,18)19)15(24)27-9-14(23)21-11-4-2-5-12(8-11)28(25,26)22-13-6-3-7-20-13/h2,4-5,8H,3,6-7,9-10H2,1H3,(H,20,22)(H,21,23). The molecule has 2 N–H and O–H groups in total. The van der Waals surface area contributed by atoms with E-state index in [2.05, 4.69) is 15.0 Å². The Morgan fingerprint density at radius 1 is 1.32 bits per heavy atom. The fraction of sp³-hybridized carbons (Fsp3) is 0.471. The summed E-state index contributed by atoms with van der Waals surface area (Å²) in [6, 6.07) is 5.73. The second-order valence-corrected chi connectivity index (χ2v) is 10.1. The van der Waals surface area contributed by atoms with Crippen molar-refractivity contribution in [3.63, 3.8) is 0 Å². The average Bonchev–Trinajstić information content (AvgIpc) is 2.96. The molecule has 1 aliphatic heterocycles. The second kappa shape index (κ2) is 7.53. The molecule has 1 aromatic carbocycles. The van der Waals surface area contributed by atoms with E-state index in [-0.39, 0.29) is 17.0 Å². The second-order valence-electron chi connectivity index (χ2n) is 6.90. The van der Waals surface area contributed by atoms with E-state index < -0.39 is 38.3 Å². The van der Waals surface area contributed by atoms with Crippen LogP contribution in [0.1, 0.15) is 26.2 Å². The monoisotopic (exact) mass is 447 g/mol. The number of carbonyl (C=O) groups excluding carboxylic acids is 2. The zero-order valence-corrected chi connectivity index (χ0v) is 17.3. The van der Waals surface area contributed by atoms with Crippen molar-refractivity contribution in [2.24, 2.45) is 10.4 Å². The van der Waals surface area contributed by atoms with Gasteiger partial charge in [-0.05, 0) is 31.5 Å². The summed E-state index contributed by atoms with van der Waals surface area (Å²) < 4.78 is 31.1. The van der Waals surface area contributed by atoms with Gasteiger partial charge in [-0.25, -0.2) is 8.42 Å². The number of alkyl halides is 2. The molecule has 11 heteroatoms. The van der Waals surface area contributed by atoms with Gasteiger partial charge < -0.3 is 10.1 Å². The van der Waals surface area contributed by atoms with E-state index >= 15 is 0 Å². The van der Waals surface area contributed by atoms with E-state index in [1.165, 1.54) is 24.3 Å². The van der Waals surface area contributed by atoms with Crippen LogP contribution in [0.4, 0.5) is 5.69 Å². The number of hydrogen-bond acceptors (Lipinski definition) is 6. The Hall–Kier alpha value is -1.84. The largest absolute Gasteiger partial charge is 0.455 e. The van der Waals surface area contributed by atoms with Crippen molar-refractivity contribution in [3.05, 3.63) is 24.3 Å². The molecule has 1 aliphatic carbocycles. The number of carbonyl (C=O) groups is 2. The molecule has 28 heavy (non-hydrogen) atoms. The van der Waals surface area contributed by atoms with Crippen LogP contribution in [0.5, 0.6) is 0 Å². The lowest BCUT2D eigenvalue weighted by atomic mass is 10.1. The first kappa shape index (κ1) is 20.9. The van der Waals surface area contributed by atoms with Gasteiger partial charge in [0.15, 0.2) is 6.61 Å². The van der Waals surface area contributed by atoms with Crippen LogP contribution in [0.15, 0.2) is 34.2 Å². The molecule has 1 fully saturated rings. The molecule has 0 aromatic heterocycles. The van der Waals surface area contributed by atoms with Crippen LogP contribution in [0.2, 0.25) is 0 Å². The number of halogens is 2. The number of benzene rings is 1. The maximum absolute atomic E-state index is 12.4. The van der Waals surface area contributed by atoms with Gasteiger partial charge in [0.25, 0.3) is 15.9 Å². The summed E-state index contributed by atoms with van der Waals surface area (Å²) in [4.78, 5) is 28.1. The van der Waals surface area contributed by atoms with Crippen LogP contribution in [-0.2, 0) is 24.3 Å². The van der Waals surface area contributed by atoms with Crippen LogP contribution in [0, 0.1) is 5.41 Å². The number of nitrogens with one attached hydrogen (secondary N) is 2. The quantitative estimate of drug-likeness (QED) is 0.512. The first-order valence-corrected chi connectivity index (χ1v) is 10.8. The highest BCUT2D eigenvalue weighted by Gasteiger charge is 2.69. The molecule has 1 aromatic rings. The molecule has 0 radical (unpaired) electrons. The van der Waals surface area contributed by atoms with Crippen LogP contribution >= 0.6 is 23.2 Å². The highest BCUT2D eigenvalue weighted by Crippen LogP contribution is 2.64. The van der Waals surface area contributed by atoms with Gasteiger partial charge in [0.1, 0.15) is 15.6 Å². The van der Waals surface area contributed by atoms with Crippen molar-refractivity contribution < 1.29 is 22.7 Å². The van der Waals surface area contributed by atoms with Gasteiger partial charge in [-0.1, -0.05) is 6.07 Å². The third kappa shape index (κ3) is 4.42. The first-order chi connectivity index (χ1) is 13.0. The van der Waals surface area contributed by atoms with Gasteiger partial charge >= 0.3 is 5.97 Å². The number of rotatable bonds is 6. The van der Waals surface area contributed by atoms with Crippen LogP contribution in [0.3, 0.4) is 0 Å². The zero-order valence-electron chi connectivity index (χ0n) is 15.0. The predicted octanol–water partition coefficient (Wildman–Crippen LogP) is 2.22. The molecule has 1 saturated carbocycles. The number of esters is 1. The molecule has 1 unspecified atom stereocenters. The predicted molar refractivity (Wildman–Crippen MR) is 105 cm³/mol. The molecule has 0 bridgehead atoms. The minimum absolute atomic E-state index is 0.0172. The van der Waals surface area contributed by atoms with E-state index in [0.29, 0.717) is 18.8 Å². The third-order valence-electron chi connectivity index (χ3n) is 4.60. The number of amidine groups is 1. The number of nitrogens with zero attached hydrogens (tertiary/aromatic N) is 1. The van der Waals surface area contributed by atoms with Crippen molar-refractivity contribution >= 4 is 56.6 Å². The average molecular weight is 448 g/mol. The molecule has 152 valence electrons. The van der Waals surface area contributed by atoms with Gasteiger partial charge in [0.2, 0.25) is 0 Å². The van der Waals surface area contributed by atoms with Crippen molar-refractivity contribution in [3.8, 4) is 0 Å². The molecule has 2 aliphatic rings. The van der Waals surface area contributed by atoms with E-state index in [9.17, 15) is 18.0 Å². The van der Waals surface area contributed by atoms with Crippen LogP contribution < -0.4 is 10.0 Å². The van der Waals surface area contributed by atoms with Gasteiger partial charge in [-0.3, -0.25) is 19.3 Å². The summed E-state index contributed by atoms with van der Waals surface area (Å²) in [5, 5.41) is 2.49. The minimum atomic E-state index is -3.80. The Bertz CT molecular complexity index is 948. The van der Waals surface area contributed by atoms with E-state index in [1.54, 1.807) is 6.92 Å². The van der Waals surface area contributed by atoms with Gasteiger partial charge in [0, 0.05) is 25.1 Å². The Kier molecular flexibility index (Phi) is 5.62. The lowest BCUT2D eigenvalue weighted by Gasteiger charge is -2.12. The number of aliphatic imine (C=N–C) groups is 1. The summed E-state index contributed by atoms with van der Waals surface area (Å²) in [5.41, 5.74) is -0.780. The van der Waals surface area contributed by atoms with Crippen molar-refractivity contribution in [2.75, 3.05) is 18.5 Å². The molecular weight excluding hydrogens is 429 g/mol. The number of anilines is 1. The Balaban J connectivity index is 1.58. The third-order valence-corrected chi connectivity index (χ3v) is 7.08. The molecule has 0 saturated heterocycles. The molecule has 1 amide bonds. The SMILES string of the molecule is CC1(C(=O)OCC(=O)Nc2cccc(S(=O)(=O)NC3=NCCC3)c2)CC1(Cl)Cl. The number of hydrogen-bond donors (Lipinski definition) is 2. The fourth-order valence-electron chi connectivity index (χ4n) is 2.69. The van der Waals surface area contributed by atoms with Crippen LogP contribution in [-0.4, -0.2) is 43.6 Å². The van der Waals surface area contributed by atoms with E-state index in [0.717, 1.165) is 6.42 Å². The molecule has 1 atom stereocenters. The number of amides is 1. The number of ether oxygens (including phenoxy) is 1. The van der Waals surface area contributed by atoms with Crippen molar-refractivity contribution in [1.82, 2.24) is 4.72 Å². The van der Waals surface area contributed by atoms with E-state index in [4.69, 9.17) is 27.9 Å². The highest BCUT2D eigenvalue weighted by atomic mass is 35.5. The molecule has 1 heterocycles. The first-order valence-electron chi connectivity index (χ1n) is 8.55. The van der Waals surface area contributed by atoms with Gasteiger partial charge in [-0.2, -0.15) is 0 Å². The Labute approximate surface area is 172 Å². The zero-order chi connectivity index (χ0) is 20.6. The van der Waals surface area contributed by atoms with Crippen molar-refractivity contribution in [1.29, 1.82) is 0 Å². The molecule has 3 rings (SSSR count). The summed E-state index contributed by atoms with van der Waals surface area (Å²) in [6.45, 7) is 1.62. The Morgan fingerprint density at radius 2 is 2.04 bits per heavy atom. The molecule has 8 nitrogen and oxygen atoms in total. The summed E-state index contributed by atoms with van der Waals surface area (Å²) in [7, 11) is -3.80. The van der Waals surface area contributed by atoms with Crippen molar-refractivity contribution in [2.45, 2.75) is 35.4 Å². The summed E-state index contributed by atoms with van der Waals surface area (Å²) >= 11 is 11.8. The minimum Gasteiger partial charge on any atom is -0.455 e. The summed E-state index contributed by atoms with van der Waals surface area (Å²) in [6.07, 6.45) is 1.63. The maximum Gasteiger partial charge on any atom is 0.315 e. The highest BCUT2D eigenvalue weighted by molar-refractivity contribution is 7.90. The lowest BCUT2D eigenvalue weighted by molar-refractivity contribution is -0.152.